The van der Waals surface area contributed by atoms with Gasteiger partial charge in [-0.15, -0.1) is 0 Å². The van der Waals surface area contributed by atoms with Crippen molar-refractivity contribution >= 4 is 15.6 Å². The molecule has 128 valence electrons. The molecular weight excluding hydrogens is 322 g/mol. The number of sulfonamides is 1. The molecule has 24 heavy (non-hydrogen) atoms. The van der Waals surface area contributed by atoms with Gasteiger partial charge >= 0.3 is 0 Å². The maximum Gasteiger partial charge on any atom is 0.217 e. The fourth-order valence-electron chi connectivity index (χ4n) is 5.05. The van der Waals surface area contributed by atoms with E-state index in [1.54, 1.807) is 4.31 Å². The molecule has 4 nitrogen and oxygen atoms in total. The summed E-state index contributed by atoms with van der Waals surface area (Å²) in [6, 6.07) is 10.3. The molecule has 1 saturated heterocycles. The Balaban J connectivity index is 1.35. The molecule has 0 aromatic heterocycles. The predicted octanol–water partition coefficient (Wildman–Crippen LogP) is 2.67. The molecule has 4 fully saturated rings. The number of hydrogen-bond acceptors (Lipinski definition) is 3. The molecule has 0 spiro atoms. The van der Waals surface area contributed by atoms with Crippen molar-refractivity contribution in [1.82, 2.24) is 4.31 Å². The molecule has 0 unspecified atom stereocenters. The van der Waals surface area contributed by atoms with Crippen LogP contribution >= 0.6 is 0 Å². The van der Waals surface area contributed by atoms with Crippen LogP contribution in [0.25, 0.3) is 5.57 Å². The number of nitrogens with zero attached hydrogens (tertiary/aromatic N) is 1. The van der Waals surface area contributed by atoms with Crippen LogP contribution in [0.4, 0.5) is 0 Å². The van der Waals surface area contributed by atoms with E-state index in [1.807, 2.05) is 18.2 Å². The molecular formula is C19H23NO3S. The topological polar surface area (TPSA) is 49.9 Å². The van der Waals surface area contributed by atoms with Gasteiger partial charge in [-0.1, -0.05) is 36.4 Å². The summed E-state index contributed by atoms with van der Waals surface area (Å²) in [5.74, 6) is 0.699. The molecule has 2 heterocycles. The Labute approximate surface area is 143 Å². The van der Waals surface area contributed by atoms with Crippen LogP contribution in [0.5, 0.6) is 0 Å². The Morgan fingerprint density at radius 1 is 1.08 bits per heavy atom. The SMILES string of the molecule is O=S(=O)([C@@H]1C[C@H]2CC[C@@H]1[C@@H]1O[C@H]21)N1CC=C(c2ccccc2)CC1. The van der Waals surface area contributed by atoms with E-state index in [4.69, 9.17) is 4.74 Å². The molecule has 5 aliphatic rings. The molecule has 5 heteroatoms. The van der Waals surface area contributed by atoms with Crippen molar-refractivity contribution < 1.29 is 13.2 Å². The van der Waals surface area contributed by atoms with Crippen molar-refractivity contribution in [2.45, 2.75) is 43.1 Å². The third-order valence-electron chi connectivity index (χ3n) is 6.39. The van der Waals surface area contributed by atoms with Crippen molar-refractivity contribution in [2.75, 3.05) is 13.1 Å². The standard InChI is InChI=1S/C19H23NO3S/c21-24(22,17-12-15-6-7-16(17)19-18(15)23-19)20-10-8-14(9-11-20)13-4-2-1-3-5-13/h1-5,8,15-19H,6-7,9-12H2/t15-,16+,17-,18-,19+/m1/s1. The maximum atomic E-state index is 13.2. The Morgan fingerprint density at radius 3 is 2.62 bits per heavy atom. The van der Waals surface area contributed by atoms with Gasteiger partial charge in [0.2, 0.25) is 10.0 Å². The average Bonchev–Trinajstić information content (AvgIpc) is 3.45. The molecule has 3 saturated carbocycles. The number of ether oxygens (including phenoxy) is 1. The van der Waals surface area contributed by atoms with Gasteiger partial charge in [-0.3, -0.25) is 0 Å². The van der Waals surface area contributed by atoms with Crippen molar-refractivity contribution in [2.24, 2.45) is 11.8 Å². The molecule has 1 aromatic carbocycles. The first-order valence-corrected chi connectivity index (χ1v) is 10.5. The zero-order valence-corrected chi connectivity index (χ0v) is 14.5. The summed E-state index contributed by atoms with van der Waals surface area (Å²) in [4.78, 5) is 0. The number of epoxide rings is 1. The minimum Gasteiger partial charge on any atom is -0.369 e. The van der Waals surface area contributed by atoms with E-state index in [2.05, 4.69) is 18.2 Å². The first kappa shape index (κ1) is 15.1. The van der Waals surface area contributed by atoms with Crippen molar-refractivity contribution in [3.8, 4) is 0 Å². The van der Waals surface area contributed by atoms with Crippen molar-refractivity contribution in [3.05, 3.63) is 42.0 Å². The number of benzene rings is 1. The Morgan fingerprint density at radius 2 is 1.92 bits per heavy atom. The Hall–Kier alpha value is -1.17. The molecule has 0 amide bonds. The molecule has 3 aliphatic carbocycles. The smallest absolute Gasteiger partial charge is 0.217 e. The summed E-state index contributed by atoms with van der Waals surface area (Å²) < 4.78 is 33.8. The maximum absolute atomic E-state index is 13.2. The van der Waals surface area contributed by atoms with Crippen molar-refractivity contribution in [3.63, 3.8) is 0 Å². The summed E-state index contributed by atoms with van der Waals surface area (Å²) in [6.45, 7) is 1.11. The average molecular weight is 345 g/mol. The van der Waals surface area contributed by atoms with Crippen LogP contribution in [-0.4, -0.2) is 43.3 Å². The summed E-state index contributed by atoms with van der Waals surface area (Å²) in [5, 5.41) is -0.216. The second kappa shape index (κ2) is 5.41. The first-order valence-electron chi connectivity index (χ1n) is 9.03. The van der Waals surface area contributed by atoms with E-state index in [-0.39, 0.29) is 17.3 Å². The summed E-state index contributed by atoms with van der Waals surface area (Å²) in [7, 11) is -3.22. The lowest BCUT2D eigenvalue weighted by atomic mass is 9.70. The van der Waals surface area contributed by atoms with Crippen molar-refractivity contribution in [1.29, 1.82) is 0 Å². The lowest BCUT2D eigenvalue weighted by Gasteiger charge is -2.41. The largest absolute Gasteiger partial charge is 0.369 e. The quantitative estimate of drug-likeness (QED) is 0.792. The molecule has 2 bridgehead atoms. The number of rotatable bonds is 3. The Bertz CT molecular complexity index is 773. The zero-order valence-electron chi connectivity index (χ0n) is 13.7. The van der Waals surface area contributed by atoms with Crippen LogP contribution in [0, 0.1) is 11.8 Å². The van der Waals surface area contributed by atoms with E-state index < -0.39 is 10.0 Å². The van der Waals surface area contributed by atoms with E-state index >= 15 is 0 Å². The van der Waals surface area contributed by atoms with Gasteiger partial charge in [-0.2, -0.15) is 4.31 Å². The molecule has 6 rings (SSSR count). The first-order chi connectivity index (χ1) is 11.6. The third kappa shape index (κ3) is 2.29. The molecule has 0 radical (unpaired) electrons. The summed E-state index contributed by atoms with van der Waals surface area (Å²) in [6.07, 6.45) is 6.48. The monoisotopic (exact) mass is 345 g/mol. The van der Waals surface area contributed by atoms with Gasteiger partial charge in [-0.25, -0.2) is 8.42 Å². The fourth-order valence-corrected chi connectivity index (χ4v) is 7.28. The van der Waals surface area contributed by atoms with Crippen LogP contribution in [0.15, 0.2) is 36.4 Å². The minimum absolute atomic E-state index is 0.216. The van der Waals surface area contributed by atoms with Gasteiger partial charge in [0.05, 0.1) is 17.5 Å². The highest BCUT2D eigenvalue weighted by atomic mass is 32.2. The lowest BCUT2D eigenvalue weighted by molar-refractivity contribution is 0.215. The molecule has 5 atom stereocenters. The fraction of sp³-hybridized carbons (Fsp3) is 0.579. The second-order valence-electron chi connectivity index (χ2n) is 7.59. The molecule has 1 aromatic rings. The number of hydrogen-bond donors (Lipinski definition) is 0. The second-order valence-corrected chi connectivity index (χ2v) is 9.74. The van der Waals surface area contributed by atoms with Crippen LogP contribution in [0.1, 0.15) is 31.2 Å². The van der Waals surface area contributed by atoms with Gasteiger partial charge in [0.15, 0.2) is 0 Å². The normalized spacial score (nSPS) is 38.5. The van der Waals surface area contributed by atoms with Gasteiger partial charge in [0.1, 0.15) is 0 Å². The van der Waals surface area contributed by atoms with E-state index in [0.29, 0.717) is 25.1 Å². The highest BCUT2D eigenvalue weighted by Gasteiger charge is 2.62. The van der Waals surface area contributed by atoms with E-state index in [9.17, 15) is 8.42 Å². The van der Waals surface area contributed by atoms with E-state index in [1.165, 1.54) is 11.1 Å². The van der Waals surface area contributed by atoms with Gasteiger partial charge in [0.25, 0.3) is 0 Å². The highest BCUT2D eigenvalue weighted by molar-refractivity contribution is 7.89. The van der Waals surface area contributed by atoms with Gasteiger partial charge in [0, 0.05) is 19.0 Å². The van der Waals surface area contributed by atoms with E-state index in [0.717, 1.165) is 25.7 Å². The minimum atomic E-state index is -3.22. The van der Waals surface area contributed by atoms with Gasteiger partial charge in [-0.05, 0) is 42.7 Å². The highest BCUT2D eigenvalue weighted by Crippen LogP contribution is 2.55. The lowest BCUT2D eigenvalue weighted by Crippen LogP contribution is -2.51. The third-order valence-corrected chi connectivity index (χ3v) is 8.75. The predicted molar refractivity (Wildman–Crippen MR) is 92.8 cm³/mol. The van der Waals surface area contributed by atoms with Gasteiger partial charge < -0.3 is 4.74 Å². The Kier molecular flexibility index (Phi) is 3.41. The summed E-state index contributed by atoms with van der Waals surface area (Å²) >= 11 is 0. The number of fused-ring (bicyclic) bond motifs is 2. The summed E-state index contributed by atoms with van der Waals surface area (Å²) in [5.41, 5.74) is 2.47. The molecule has 2 aliphatic heterocycles. The molecule has 0 N–H and O–H groups in total. The van der Waals surface area contributed by atoms with Crippen LogP contribution in [0.3, 0.4) is 0 Å². The van der Waals surface area contributed by atoms with Crippen LogP contribution < -0.4 is 0 Å². The van der Waals surface area contributed by atoms with Crippen LogP contribution in [-0.2, 0) is 14.8 Å². The zero-order chi connectivity index (χ0) is 16.3. The van der Waals surface area contributed by atoms with Crippen LogP contribution in [0.2, 0.25) is 0 Å².